The minimum absolute atomic E-state index is 0.0819. The highest BCUT2D eigenvalue weighted by molar-refractivity contribution is 5.83. The lowest BCUT2D eigenvalue weighted by molar-refractivity contribution is -0.130. The third kappa shape index (κ3) is 2.89. The largest absolute Gasteiger partial charge is 0.496 e. The van der Waals surface area contributed by atoms with E-state index in [9.17, 15) is 4.79 Å². The van der Waals surface area contributed by atoms with Gasteiger partial charge in [0.05, 0.1) is 12.5 Å². The fraction of sp³-hybridized carbons (Fsp3) is 0.533. The van der Waals surface area contributed by atoms with E-state index in [1.165, 1.54) is 0 Å². The van der Waals surface area contributed by atoms with Crippen LogP contribution >= 0.6 is 0 Å². The number of methoxy groups -OCH3 is 1. The van der Waals surface area contributed by atoms with Crippen LogP contribution in [-0.4, -0.2) is 19.6 Å². The molecule has 0 spiro atoms. The van der Waals surface area contributed by atoms with Gasteiger partial charge >= 0.3 is 0 Å². The Balaban J connectivity index is 2.00. The van der Waals surface area contributed by atoms with Crippen molar-refractivity contribution in [1.29, 1.82) is 0 Å². The van der Waals surface area contributed by atoms with Gasteiger partial charge in [-0.2, -0.15) is 0 Å². The molecule has 1 aromatic carbocycles. The van der Waals surface area contributed by atoms with E-state index in [4.69, 9.17) is 10.5 Å². The van der Waals surface area contributed by atoms with Gasteiger partial charge in [-0.3, -0.25) is 4.79 Å². The van der Waals surface area contributed by atoms with Crippen LogP contribution in [-0.2, 0) is 11.3 Å². The number of ether oxygens (including phenoxy) is 1. The van der Waals surface area contributed by atoms with Crippen molar-refractivity contribution < 1.29 is 9.53 Å². The highest BCUT2D eigenvalue weighted by Gasteiger charge is 2.39. The maximum Gasteiger partial charge on any atom is 0.227 e. The van der Waals surface area contributed by atoms with Crippen molar-refractivity contribution in [2.24, 2.45) is 11.1 Å². The molecule has 2 rings (SSSR count). The molecule has 0 heterocycles. The fourth-order valence-electron chi connectivity index (χ4n) is 2.79. The maximum atomic E-state index is 12.3. The van der Waals surface area contributed by atoms with Gasteiger partial charge in [-0.1, -0.05) is 31.0 Å². The van der Waals surface area contributed by atoms with Crippen molar-refractivity contribution in [3.63, 3.8) is 0 Å². The van der Waals surface area contributed by atoms with Crippen molar-refractivity contribution in [3.8, 4) is 5.75 Å². The Bertz CT molecular complexity index is 440. The first-order valence-corrected chi connectivity index (χ1v) is 6.82. The number of rotatable bonds is 5. The predicted molar refractivity (Wildman–Crippen MR) is 74.8 cm³/mol. The SMILES string of the molecule is COc1ccccc1CNC(=O)C1(CN)CCCC1. The molecule has 104 valence electrons. The van der Waals surface area contributed by atoms with Gasteiger partial charge in [-0.25, -0.2) is 0 Å². The zero-order valence-electron chi connectivity index (χ0n) is 11.4. The quantitative estimate of drug-likeness (QED) is 0.851. The van der Waals surface area contributed by atoms with Gasteiger partial charge in [0, 0.05) is 18.7 Å². The Hall–Kier alpha value is -1.55. The molecular formula is C15H22N2O2. The van der Waals surface area contributed by atoms with Gasteiger partial charge in [-0.05, 0) is 18.9 Å². The second-order valence-electron chi connectivity index (χ2n) is 5.19. The van der Waals surface area contributed by atoms with Crippen LogP contribution in [0, 0.1) is 5.41 Å². The Morgan fingerprint density at radius 1 is 1.37 bits per heavy atom. The van der Waals surface area contributed by atoms with E-state index in [1.807, 2.05) is 24.3 Å². The molecule has 0 bridgehead atoms. The van der Waals surface area contributed by atoms with Crippen LogP contribution in [0.5, 0.6) is 5.75 Å². The molecule has 19 heavy (non-hydrogen) atoms. The van der Waals surface area contributed by atoms with Crippen molar-refractivity contribution >= 4 is 5.91 Å². The molecule has 0 radical (unpaired) electrons. The Morgan fingerprint density at radius 2 is 2.05 bits per heavy atom. The average Bonchev–Trinajstić information content (AvgIpc) is 2.95. The number of hydrogen-bond acceptors (Lipinski definition) is 3. The summed E-state index contributed by atoms with van der Waals surface area (Å²) >= 11 is 0. The van der Waals surface area contributed by atoms with Gasteiger partial charge in [-0.15, -0.1) is 0 Å². The summed E-state index contributed by atoms with van der Waals surface area (Å²) in [6.07, 6.45) is 4.00. The van der Waals surface area contributed by atoms with Crippen molar-refractivity contribution in [1.82, 2.24) is 5.32 Å². The lowest BCUT2D eigenvalue weighted by Gasteiger charge is -2.25. The number of hydrogen-bond donors (Lipinski definition) is 2. The normalized spacial score (nSPS) is 17.2. The first-order valence-electron chi connectivity index (χ1n) is 6.82. The van der Waals surface area contributed by atoms with Crippen molar-refractivity contribution in [3.05, 3.63) is 29.8 Å². The van der Waals surface area contributed by atoms with Gasteiger partial charge in [0.25, 0.3) is 0 Å². The van der Waals surface area contributed by atoms with E-state index in [1.54, 1.807) is 7.11 Å². The summed E-state index contributed by atoms with van der Waals surface area (Å²) in [5, 5.41) is 3.01. The minimum atomic E-state index is -0.345. The van der Waals surface area contributed by atoms with Crippen LogP contribution in [0.3, 0.4) is 0 Å². The summed E-state index contributed by atoms with van der Waals surface area (Å²) in [7, 11) is 1.64. The molecule has 1 aromatic rings. The molecule has 1 aliphatic rings. The molecule has 0 atom stereocenters. The second kappa shape index (κ2) is 6.06. The van der Waals surface area contributed by atoms with Gasteiger partial charge in [0.2, 0.25) is 5.91 Å². The number of carbonyl (C=O) groups is 1. The molecule has 0 unspecified atom stereocenters. The molecule has 0 aromatic heterocycles. The molecule has 4 heteroatoms. The zero-order valence-corrected chi connectivity index (χ0v) is 11.4. The highest BCUT2D eigenvalue weighted by Crippen LogP contribution is 2.37. The first kappa shape index (κ1) is 13.9. The second-order valence-corrected chi connectivity index (χ2v) is 5.19. The number of nitrogens with one attached hydrogen (secondary N) is 1. The number of amides is 1. The summed E-state index contributed by atoms with van der Waals surface area (Å²) in [5.41, 5.74) is 6.45. The first-order chi connectivity index (χ1) is 9.22. The number of carbonyl (C=O) groups excluding carboxylic acids is 1. The van der Waals surface area contributed by atoms with Gasteiger partial charge in [0.15, 0.2) is 0 Å². The molecule has 0 saturated heterocycles. The topological polar surface area (TPSA) is 64.3 Å². The van der Waals surface area contributed by atoms with Crippen LogP contribution in [0.25, 0.3) is 0 Å². The minimum Gasteiger partial charge on any atom is -0.496 e. The molecule has 1 fully saturated rings. The molecule has 0 aliphatic heterocycles. The standard InChI is InChI=1S/C15H22N2O2/c1-19-13-7-3-2-6-12(13)10-17-14(18)15(11-16)8-4-5-9-15/h2-3,6-7H,4-5,8-11,16H2,1H3,(H,17,18). The number of nitrogens with two attached hydrogens (primary N) is 1. The monoisotopic (exact) mass is 262 g/mol. The summed E-state index contributed by atoms with van der Waals surface area (Å²) in [6.45, 7) is 0.926. The zero-order chi connectivity index (χ0) is 13.7. The summed E-state index contributed by atoms with van der Waals surface area (Å²) in [6, 6.07) is 7.72. The highest BCUT2D eigenvalue weighted by atomic mass is 16.5. The molecule has 1 saturated carbocycles. The Labute approximate surface area is 114 Å². The fourth-order valence-corrected chi connectivity index (χ4v) is 2.79. The van der Waals surface area contributed by atoms with Crippen LogP contribution in [0.4, 0.5) is 0 Å². The van der Waals surface area contributed by atoms with Gasteiger partial charge < -0.3 is 15.8 Å². The van der Waals surface area contributed by atoms with E-state index in [0.717, 1.165) is 37.0 Å². The maximum absolute atomic E-state index is 12.3. The lowest BCUT2D eigenvalue weighted by Crippen LogP contribution is -2.43. The predicted octanol–water partition coefficient (Wildman–Crippen LogP) is 1.83. The summed E-state index contributed by atoms with van der Waals surface area (Å²) < 4.78 is 5.28. The lowest BCUT2D eigenvalue weighted by atomic mass is 9.85. The van der Waals surface area contributed by atoms with Crippen LogP contribution in [0.2, 0.25) is 0 Å². The van der Waals surface area contributed by atoms with Crippen LogP contribution in [0.15, 0.2) is 24.3 Å². The number of para-hydroxylation sites is 1. The molecule has 4 nitrogen and oxygen atoms in total. The third-order valence-electron chi connectivity index (χ3n) is 4.06. The van der Waals surface area contributed by atoms with E-state index in [2.05, 4.69) is 5.32 Å². The van der Waals surface area contributed by atoms with E-state index in [-0.39, 0.29) is 11.3 Å². The molecule has 3 N–H and O–H groups in total. The molecular weight excluding hydrogens is 240 g/mol. The number of benzene rings is 1. The summed E-state index contributed by atoms with van der Waals surface area (Å²) in [5.74, 6) is 0.884. The Morgan fingerprint density at radius 3 is 2.68 bits per heavy atom. The van der Waals surface area contributed by atoms with E-state index >= 15 is 0 Å². The Kier molecular flexibility index (Phi) is 4.43. The molecule has 1 amide bonds. The van der Waals surface area contributed by atoms with E-state index in [0.29, 0.717) is 13.1 Å². The third-order valence-corrected chi connectivity index (χ3v) is 4.06. The van der Waals surface area contributed by atoms with E-state index < -0.39 is 0 Å². The molecule has 1 aliphatic carbocycles. The van der Waals surface area contributed by atoms with Crippen molar-refractivity contribution in [2.45, 2.75) is 32.2 Å². The van der Waals surface area contributed by atoms with Crippen LogP contribution in [0.1, 0.15) is 31.2 Å². The smallest absolute Gasteiger partial charge is 0.227 e. The van der Waals surface area contributed by atoms with Crippen LogP contribution < -0.4 is 15.8 Å². The van der Waals surface area contributed by atoms with Gasteiger partial charge in [0.1, 0.15) is 5.75 Å². The van der Waals surface area contributed by atoms with Crippen molar-refractivity contribution in [2.75, 3.05) is 13.7 Å². The average molecular weight is 262 g/mol. The summed E-state index contributed by atoms with van der Waals surface area (Å²) in [4.78, 5) is 12.3.